The Morgan fingerprint density at radius 3 is 2.23 bits per heavy atom. The summed E-state index contributed by atoms with van der Waals surface area (Å²) in [4.78, 5) is 13.3. The molecular weight excluding hydrogens is 162 g/mol. The Balaban J connectivity index is 2.45. The molecule has 0 N–H and O–H groups in total. The summed E-state index contributed by atoms with van der Waals surface area (Å²) >= 11 is 0. The quantitative estimate of drug-likeness (QED) is 0.644. The molecule has 0 aliphatic heterocycles. The van der Waals surface area contributed by atoms with Crippen LogP contribution in [0.2, 0.25) is 0 Å². The monoisotopic (exact) mass is 183 g/mol. The van der Waals surface area contributed by atoms with Gasteiger partial charge in [0.05, 0.1) is 0 Å². The van der Waals surface area contributed by atoms with Crippen LogP contribution in [-0.4, -0.2) is 24.9 Å². The number of amides is 1. The van der Waals surface area contributed by atoms with Crippen LogP contribution in [0.25, 0.3) is 0 Å². The van der Waals surface area contributed by atoms with Gasteiger partial charge in [-0.3, -0.25) is 4.79 Å². The maximum absolute atomic E-state index is 11.5. The Morgan fingerprint density at radius 2 is 1.77 bits per heavy atom. The molecule has 1 rings (SSSR count). The molecule has 0 bridgehead atoms. The van der Waals surface area contributed by atoms with Crippen LogP contribution in [0, 0.1) is 5.41 Å². The van der Waals surface area contributed by atoms with E-state index < -0.39 is 0 Å². The molecule has 1 saturated carbocycles. The van der Waals surface area contributed by atoms with E-state index in [1.807, 2.05) is 14.1 Å². The molecule has 1 fully saturated rings. The van der Waals surface area contributed by atoms with Crippen molar-refractivity contribution in [1.82, 2.24) is 4.90 Å². The third-order valence-corrected chi connectivity index (χ3v) is 3.14. The molecule has 76 valence electrons. The molecule has 2 nitrogen and oxygen atoms in total. The summed E-state index contributed by atoms with van der Waals surface area (Å²) in [6.45, 7) is 2.26. The third-order valence-electron chi connectivity index (χ3n) is 3.14. The van der Waals surface area contributed by atoms with Crippen LogP contribution in [0.4, 0.5) is 0 Å². The number of carbonyl (C=O) groups excluding carboxylic acids is 1. The molecule has 0 aromatic rings. The van der Waals surface area contributed by atoms with Crippen molar-refractivity contribution < 1.29 is 4.79 Å². The molecule has 0 aromatic carbocycles. The number of nitrogens with zero attached hydrogens (tertiary/aromatic N) is 1. The molecule has 0 saturated heterocycles. The van der Waals surface area contributed by atoms with E-state index in [-0.39, 0.29) is 5.91 Å². The van der Waals surface area contributed by atoms with E-state index in [1.165, 1.54) is 32.1 Å². The number of hydrogen-bond acceptors (Lipinski definition) is 1. The van der Waals surface area contributed by atoms with Gasteiger partial charge in [-0.25, -0.2) is 0 Å². The Hall–Kier alpha value is -0.530. The first kappa shape index (κ1) is 10.6. The van der Waals surface area contributed by atoms with Crippen LogP contribution in [-0.2, 0) is 4.79 Å². The molecule has 0 aromatic heterocycles. The van der Waals surface area contributed by atoms with Crippen molar-refractivity contribution in [3.63, 3.8) is 0 Å². The summed E-state index contributed by atoms with van der Waals surface area (Å²) in [7, 11) is 3.68. The van der Waals surface area contributed by atoms with Gasteiger partial charge < -0.3 is 4.90 Å². The minimum Gasteiger partial charge on any atom is -0.349 e. The van der Waals surface area contributed by atoms with E-state index in [1.54, 1.807) is 4.90 Å². The van der Waals surface area contributed by atoms with E-state index in [0.717, 1.165) is 6.42 Å². The zero-order valence-electron chi connectivity index (χ0n) is 9.10. The largest absolute Gasteiger partial charge is 0.349 e. The van der Waals surface area contributed by atoms with Crippen LogP contribution >= 0.6 is 0 Å². The van der Waals surface area contributed by atoms with Crippen molar-refractivity contribution >= 4 is 5.91 Å². The van der Waals surface area contributed by atoms with E-state index in [4.69, 9.17) is 0 Å². The summed E-state index contributed by atoms with van der Waals surface area (Å²) in [5, 5.41) is 0. The Bertz CT molecular complexity index is 181. The highest BCUT2D eigenvalue weighted by Crippen LogP contribution is 2.38. The highest BCUT2D eigenvalue weighted by atomic mass is 16.2. The van der Waals surface area contributed by atoms with Gasteiger partial charge in [0, 0.05) is 20.5 Å². The maximum atomic E-state index is 11.5. The van der Waals surface area contributed by atoms with Crippen molar-refractivity contribution in [3.05, 3.63) is 0 Å². The standard InChI is InChI=1S/C11H21NO/c1-11(7-5-4-6-8-11)9-10(13)12(2)3/h4-9H2,1-3H3. The number of hydrogen-bond donors (Lipinski definition) is 0. The molecule has 1 aliphatic carbocycles. The van der Waals surface area contributed by atoms with Gasteiger partial charge in [0.25, 0.3) is 0 Å². The second-order valence-electron chi connectivity index (χ2n) is 4.84. The molecule has 0 spiro atoms. The maximum Gasteiger partial charge on any atom is 0.222 e. The highest BCUT2D eigenvalue weighted by molar-refractivity contribution is 5.76. The molecule has 1 amide bonds. The minimum atomic E-state index is 0.282. The Kier molecular flexibility index (Phi) is 3.34. The molecule has 0 atom stereocenters. The van der Waals surface area contributed by atoms with Crippen molar-refractivity contribution in [3.8, 4) is 0 Å². The fourth-order valence-corrected chi connectivity index (χ4v) is 2.11. The lowest BCUT2D eigenvalue weighted by Gasteiger charge is -2.33. The molecule has 1 aliphatic rings. The van der Waals surface area contributed by atoms with E-state index in [0.29, 0.717) is 5.41 Å². The normalized spacial score (nSPS) is 21.2. The van der Waals surface area contributed by atoms with Crippen LogP contribution in [0.5, 0.6) is 0 Å². The summed E-state index contributed by atoms with van der Waals surface area (Å²) in [6.07, 6.45) is 7.15. The fourth-order valence-electron chi connectivity index (χ4n) is 2.11. The lowest BCUT2D eigenvalue weighted by Crippen LogP contribution is -2.30. The average Bonchev–Trinajstić information content (AvgIpc) is 2.04. The first-order chi connectivity index (χ1) is 6.03. The average molecular weight is 183 g/mol. The first-order valence-corrected chi connectivity index (χ1v) is 5.24. The zero-order chi connectivity index (χ0) is 9.90. The lowest BCUT2D eigenvalue weighted by molar-refractivity contribution is -0.131. The van der Waals surface area contributed by atoms with Gasteiger partial charge in [0.15, 0.2) is 0 Å². The zero-order valence-corrected chi connectivity index (χ0v) is 9.10. The van der Waals surface area contributed by atoms with Crippen LogP contribution in [0.3, 0.4) is 0 Å². The van der Waals surface area contributed by atoms with Gasteiger partial charge in [0.1, 0.15) is 0 Å². The smallest absolute Gasteiger partial charge is 0.222 e. The van der Waals surface area contributed by atoms with Crippen LogP contribution in [0.15, 0.2) is 0 Å². The summed E-state index contributed by atoms with van der Waals surface area (Å²) in [5.74, 6) is 0.282. The molecule has 2 heteroatoms. The fraction of sp³-hybridized carbons (Fsp3) is 0.909. The summed E-state index contributed by atoms with van der Waals surface area (Å²) in [6, 6.07) is 0. The van der Waals surface area contributed by atoms with E-state index in [2.05, 4.69) is 6.92 Å². The van der Waals surface area contributed by atoms with E-state index in [9.17, 15) is 4.79 Å². The second kappa shape index (κ2) is 4.12. The van der Waals surface area contributed by atoms with Gasteiger partial charge in [-0.2, -0.15) is 0 Å². The second-order valence-corrected chi connectivity index (χ2v) is 4.84. The van der Waals surface area contributed by atoms with Crippen molar-refractivity contribution in [2.45, 2.75) is 45.4 Å². The predicted molar refractivity (Wildman–Crippen MR) is 54.5 cm³/mol. The summed E-state index contributed by atoms with van der Waals surface area (Å²) < 4.78 is 0. The van der Waals surface area contributed by atoms with Crippen LogP contribution in [0.1, 0.15) is 45.4 Å². The topological polar surface area (TPSA) is 20.3 Å². The summed E-state index contributed by atoms with van der Waals surface area (Å²) in [5.41, 5.74) is 0.291. The predicted octanol–water partition coefficient (Wildman–Crippen LogP) is 2.44. The number of rotatable bonds is 2. The van der Waals surface area contributed by atoms with Gasteiger partial charge >= 0.3 is 0 Å². The van der Waals surface area contributed by atoms with Gasteiger partial charge in [-0.1, -0.05) is 26.2 Å². The Labute approximate surface area is 81.3 Å². The molecular formula is C11H21NO. The molecule has 0 radical (unpaired) electrons. The van der Waals surface area contributed by atoms with Gasteiger partial charge in [-0.15, -0.1) is 0 Å². The van der Waals surface area contributed by atoms with Crippen molar-refractivity contribution in [2.75, 3.05) is 14.1 Å². The molecule has 13 heavy (non-hydrogen) atoms. The Morgan fingerprint density at radius 1 is 1.23 bits per heavy atom. The number of carbonyl (C=O) groups is 1. The van der Waals surface area contributed by atoms with Gasteiger partial charge in [-0.05, 0) is 18.3 Å². The molecule has 0 heterocycles. The third kappa shape index (κ3) is 3.02. The highest BCUT2D eigenvalue weighted by Gasteiger charge is 2.29. The molecule has 0 unspecified atom stereocenters. The van der Waals surface area contributed by atoms with Crippen LogP contribution < -0.4 is 0 Å². The van der Waals surface area contributed by atoms with Gasteiger partial charge in [0.2, 0.25) is 5.91 Å². The van der Waals surface area contributed by atoms with Crippen molar-refractivity contribution in [1.29, 1.82) is 0 Å². The SMILES string of the molecule is CN(C)C(=O)CC1(C)CCCCC1. The first-order valence-electron chi connectivity index (χ1n) is 5.24. The van der Waals surface area contributed by atoms with Crippen molar-refractivity contribution in [2.24, 2.45) is 5.41 Å². The lowest BCUT2D eigenvalue weighted by atomic mass is 9.73. The minimum absolute atomic E-state index is 0.282. The van der Waals surface area contributed by atoms with E-state index >= 15 is 0 Å².